The molecule has 0 fully saturated rings. The van der Waals surface area contributed by atoms with Gasteiger partial charge in [-0.1, -0.05) is 44.5 Å². The zero-order valence-electron chi connectivity index (χ0n) is 13.0. The summed E-state index contributed by atoms with van der Waals surface area (Å²) in [5, 5.41) is 15.0. The first-order chi connectivity index (χ1) is 9.77. The predicted octanol–water partition coefficient (Wildman–Crippen LogP) is 3.53. The van der Waals surface area contributed by atoms with Crippen LogP contribution in [-0.4, -0.2) is 19.9 Å². The zero-order chi connectivity index (χ0) is 15.6. The number of rotatable bonds is 4. The molecular weight excluding hydrogens is 286 g/mol. The van der Waals surface area contributed by atoms with Crippen LogP contribution >= 0.6 is 11.6 Å². The van der Waals surface area contributed by atoms with Gasteiger partial charge in [0.25, 0.3) is 0 Å². The molecule has 1 heterocycles. The zero-order valence-corrected chi connectivity index (χ0v) is 13.7. The Morgan fingerprint density at radius 1 is 1.19 bits per heavy atom. The van der Waals surface area contributed by atoms with Crippen LogP contribution in [0.4, 0.5) is 0 Å². The van der Waals surface area contributed by atoms with E-state index in [0.717, 1.165) is 29.5 Å². The van der Waals surface area contributed by atoms with Crippen LogP contribution < -0.4 is 0 Å². The summed E-state index contributed by atoms with van der Waals surface area (Å²) in [6.07, 6.45) is 0.899. The molecule has 2 rings (SSSR count). The summed E-state index contributed by atoms with van der Waals surface area (Å²) in [7, 11) is 0. The van der Waals surface area contributed by atoms with Gasteiger partial charge < -0.3 is 5.11 Å². The Bertz CT molecular complexity index is 597. The Morgan fingerprint density at radius 3 is 2.33 bits per heavy atom. The summed E-state index contributed by atoms with van der Waals surface area (Å²) in [4.78, 5) is 4.60. The molecule has 2 aromatic rings. The monoisotopic (exact) mass is 307 g/mol. The predicted molar refractivity (Wildman–Crippen MR) is 84.5 cm³/mol. The van der Waals surface area contributed by atoms with Gasteiger partial charge in [0.1, 0.15) is 12.1 Å². The second-order valence-electron chi connectivity index (χ2n) is 6.30. The summed E-state index contributed by atoms with van der Waals surface area (Å²) in [6.45, 7) is 7.90. The number of aryl methyl sites for hydroxylation is 2. The third-order valence-electron chi connectivity index (χ3n) is 3.28. The Labute approximate surface area is 130 Å². The highest BCUT2D eigenvalue weighted by molar-refractivity contribution is 6.30. The fourth-order valence-electron chi connectivity index (χ4n) is 2.05. The van der Waals surface area contributed by atoms with Gasteiger partial charge in [0, 0.05) is 16.9 Å². The number of hydrogen-bond acceptors (Lipinski definition) is 3. The minimum Gasteiger partial charge on any atom is -0.372 e. The highest BCUT2D eigenvalue weighted by Crippen LogP contribution is 2.21. The molecule has 1 atom stereocenters. The van der Waals surface area contributed by atoms with Crippen LogP contribution in [0, 0.1) is 0 Å². The van der Waals surface area contributed by atoms with Gasteiger partial charge in [-0.3, -0.25) is 0 Å². The number of aliphatic hydroxyl groups is 1. The van der Waals surface area contributed by atoms with Crippen molar-refractivity contribution in [1.29, 1.82) is 0 Å². The molecule has 0 spiro atoms. The number of benzene rings is 1. The summed E-state index contributed by atoms with van der Waals surface area (Å²) in [5.74, 6) is 1.57. The highest BCUT2D eigenvalue weighted by atomic mass is 35.5. The Kier molecular flexibility index (Phi) is 4.69. The molecule has 0 aliphatic carbocycles. The van der Waals surface area contributed by atoms with Gasteiger partial charge in [-0.25, -0.2) is 9.67 Å². The Balaban J connectivity index is 2.18. The van der Waals surface area contributed by atoms with Crippen molar-refractivity contribution in [3.05, 3.63) is 46.5 Å². The van der Waals surface area contributed by atoms with Gasteiger partial charge >= 0.3 is 0 Å². The van der Waals surface area contributed by atoms with Crippen LogP contribution in [-0.2, 0) is 18.3 Å². The Hall–Kier alpha value is -1.39. The highest BCUT2D eigenvalue weighted by Gasteiger charge is 2.22. The lowest BCUT2D eigenvalue weighted by Crippen LogP contribution is -2.15. The third kappa shape index (κ3) is 4.05. The average Bonchev–Trinajstić information content (AvgIpc) is 2.82. The molecule has 1 unspecified atom stereocenters. The average molecular weight is 308 g/mol. The molecule has 0 bridgehead atoms. The van der Waals surface area contributed by atoms with Crippen LogP contribution in [0.2, 0.25) is 5.02 Å². The third-order valence-corrected chi connectivity index (χ3v) is 3.53. The number of aliphatic hydroxyl groups excluding tert-OH is 1. The van der Waals surface area contributed by atoms with Gasteiger partial charge in [0.15, 0.2) is 5.82 Å². The van der Waals surface area contributed by atoms with Crippen molar-refractivity contribution in [2.24, 2.45) is 0 Å². The molecular formula is C16H22ClN3O. The SMILES string of the molecule is CC(O)n1nc(C(C)(C)C)nc1CCc1ccc(Cl)cc1. The number of aromatic nitrogens is 3. The molecule has 0 amide bonds. The van der Waals surface area contributed by atoms with E-state index in [-0.39, 0.29) is 5.41 Å². The molecule has 114 valence electrons. The van der Waals surface area contributed by atoms with Crippen LogP contribution in [0.25, 0.3) is 0 Å². The molecule has 0 saturated heterocycles. The van der Waals surface area contributed by atoms with Crippen LogP contribution in [0.3, 0.4) is 0 Å². The van der Waals surface area contributed by atoms with E-state index in [1.165, 1.54) is 5.56 Å². The molecule has 4 nitrogen and oxygen atoms in total. The normalized spacial score (nSPS) is 13.4. The van der Waals surface area contributed by atoms with E-state index in [0.29, 0.717) is 0 Å². The molecule has 1 aromatic carbocycles. The molecule has 5 heteroatoms. The molecule has 0 radical (unpaired) electrons. The van der Waals surface area contributed by atoms with E-state index in [1.54, 1.807) is 11.6 Å². The van der Waals surface area contributed by atoms with Crippen molar-refractivity contribution in [2.45, 2.75) is 52.2 Å². The lowest BCUT2D eigenvalue weighted by Gasteiger charge is -2.12. The molecule has 0 aliphatic rings. The fourth-order valence-corrected chi connectivity index (χ4v) is 2.18. The van der Waals surface area contributed by atoms with E-state index in [2.05, 4.69) is 30.9 Å². The van der Waals surface area contributed by atoms with E-state index in [1.807, 2.05) is 24.3 Å². The summed E-state index contributed by atoms with van der Waals surface area (Å²) < 4.78 is 1.61. The minimum absolute atomic E-state index is 0.130. The maximum Gasteiger partial charge on any atom is 0.156 e. The van der Waals surface area contributed by atoms with Gasteiger partial charge in [0.05, 0.1) is 0 Å². The van der Waals surface area contributed by atoms with Crippen molar-refractivity contribution in [3.8, 4) is 0 Å². The van der Waals surface area contributed by atoms with Crippen molar-refractivity contribution in [1.82, 2.24) is 14.8 Å². The quantitative estimate of drug-likeness (QED) is 0.940. The number of nitrogens with zero attached hydrogens (tertiary/aromatic N) is 3. The topological polar surface area (TPSA) is 50.9 Å². The first-order valence-electron chi connectivity index (χ1n) is 7.16. The number of halogens is 1. The summed E-state index contributed by atoms with van der Waals surface area (Å²) in [6, 6.07) is 7.79. The molecule has 21 heavy (non-hydrogen) atoms. The standard InChI is InChI=1S/C16H22ClN3O/c1-11(21)20-14(18-15(19-20)16(2,3)4)10-7-12-5-8-13(17)9-6-12/h5-6,8-9,11,21H,7,10H2,1-4H3. The van der Waals surface area contributed by atoms with E-state index < -0.39 is 6.23 Å². The summed E-state index contributed by atoms with van der Waals surface area (Å²) >= 11 is 5.89. The van der Waals surface area contributed by atoms with Crippen molar-refractivity contribution in [3.63, 3.8) is 0 Å². The van der Waals surface area contributed by atoms with Crippen molar-refractivity contribution < 1.29 is 5.11 Å². The van der Waals surface area contributed by atoms with Crippen molar-refractivity contribution >= 4 is 11.6 Å². The maximum atomic E-state index is 9.86. The maximum absolute atomic E-state index is 9.86. The lowest BCUT2D eigenvalue weighted by atomic mass is 9.96. The van der Waals surface area contributed by atoms with E-state index in [4.69, 9.17) is 11.6 Å². The first-order valence-corrected chi connectivity index (χ1v) is 7.53. The Morgan fingerprint density at radius 2 is 1.81 bits per heavy atom. The van der Waals surface area contributed by atoms with Crippen LogP contribution in [0.15, 0.2) is 24.3 Å². The lowest BCUT2D eigenvalue weighted by molar-refractivity contribution is 0.106. The van der Waals surface area contributed by atoms with Gasteiger partial charge in [0.2, 0.25) is 0 Å². The number of hydrogen-bond donors (Lipinski definition) is 1. The van der Waals surface area contributed by atoms with Gasteiger partial charge in [-0.05, 0) is 31.0 Å². The largest absolute Gasteiger partial charge is 0.372 e. The van der Waals surface area contributed by atoms with E-state index >= 15 is 0 Å². The van der Waals surface area contributed by atoms with Crippen LogP contribution in [0.1, 0.15) is 51.1 Å². The van der Waals surface area contributed by atoms with E-state index in [9.17, 15) is 5.11 Å². The first kappa shape index (κ1) is 16.0. The molecule has 0 aliphatic heterocycles. The second kappa shape index (κ2) is 6.16. The van der Waals surface area contributed by atoms with Gasteiger partial charge in [-0.15, -0.1) is 0 Å². The van der Waals surface area contributed by atoms with Crippen molar-refractivity contribution in [2.75, 3.05) is 0 Å². The molecule has 0 saturated carbocycles. The molecule has 1 aromatic heterocycles. The molecule has 1 N–H and O–H groups in total. The van der Waals surface area contributed by atoms with Crippen LogP contribution in [0.5, 0.6) is 0 Å². The van der Waals surface area contributed by atoms with Gasteiger partial charge in [-0.2, -0.15) is 5.10 Å². The fraction of sp³-hybridized carbons (Fsp3) is 0.500. The minimum atomic E-state index is -0.672. The summed E-state index contributed by atoms with van der Waals surface area (Å²) in [5.41, 5.74) is 1.06. The smallest absolute Gasteiger partial charge is 0.156 e. The second-order valence-corrected chi connectivity index (χ2v) is 6.74.